The van der Waals surface area contributed by atoms with E-state index in [0.717, 1.165) is 12.8 Å². The van der Waals surface area contributed by atoms with E-state index in [4.69, 9.17) is 0 Å². The van der Waals surface area contributed by atoms with Gasteiger partial charge in [-0.05, 0) is 25.7 Å². The number of rotatable bonds is 4. The minimum Gasteiger partial charge on any atom is -0.336 e. The van der Waals surface area contributed by atoms with Gasteiger partial charge in [0.2, 0.25) is 16.4 Å². The van der Waals surface area contributed by atoms with Gasteiger partial charge in [0.05, 0.1) is 6.26 Å². The van der Waals surface area contributed by atoms with Gasteiger partial charge in [-0.2, -0.15) is 4.31 Å². The molecule has 9 heteroatoms. The van der Waals surface area contributed by atoms with Crippen molar-refractivity contribution in [2.45, 2.75) is 38.2 Å². The molecule has 6 nitrogen and oxygen atoms in total. The molecule has 2 amide bonds. The number of hydrogen-bond donors (Lipinski definition) is 1. The van der Waals surface area contributed by atoms with E-state index in [-0.39, 0.29) is 18.6 Å². The third kappa shape index (κ3) is 4.28. The molecule has 0 aromatic heterocycles. The van der Waals surface area contributed by atoms with Crippen LogP contribution in [0.5, 0.6) is 0 Å². The molecule has 0 aromatic rings. The number of halogens is 2. The second kappa shape index (κ2) is 7.08. The van der Waals surface area contributed by atoms with Crippen molar-refractivity contribution in [2.75, 3.05) is 32.4 Å². The standard InChI is InChI=1S/C13H23F2N3O3S/c1-22(20,21)18-6-2-3-11(18)9-16-13(19)17-7-4-10(5-8-17)12(14)15/h10-12H,2-9H2,1H3,(H,16,19)/t11-/m1/s1. The maximum Gasteiger partial charge on any atom is 0.317 e. The minimum absolute atomic E-state index is 0.211. The lowest BCUT2D eigenvalue weighted by atomic mass is 9.98. The van der Waals surface area contributed by atoms with Gasteiger partial charge in [0.25, 0.3) is 0 Å². The number of carbonyl (C=O) groups is 1. The number of likely N-dealkylation sites (tertiary alicyclic amines) is 1. The van der Waals surface area contributed by atoms with Crippen LogP contribution in [0.1, 0.15) is 25.7 Å². The van der Waals surface area contributed by atoms with Gasteiger partial charge in [0.15, 0.2) is 0 Å². The van der Waals surface area contributed by atoms with Crippen LogP contribution in [0.15, 0.2) is 0 Å². The predicted octanol–water partition coefficient (Wildman–Crippen LogP) is 1.10. The first-order chi connectivity index (χ1) is 10.3. The predicted molar refractivity (Wildman–Crippen MR) is 78.3 cm³/mol. The van der Waals surface area contributed by atoms with Crippen LogP contribution in [-0.4, -0.2) is 68.6 Å². The molecule has 0 saturated carbocycles. The van der Waals surface area contributed by atoms with Crippen LogP contribution in [0.25, 0.3) is 0 Å². The first-order valence-corrected chi connectivity index (χ1v) is 9.41. The van der Waals surface area contributed by atoms with Gasteiger partial charge >= 0.3 is 6.03 Å². The molecular formula is C13H23F2N3O3S. The van der Waals surface area contributed by atoms with E-state index in [1.165, 1.54) is 15.5 Å². The molecule has 2 heterocycles. The fourth-order valence-electron chi connectivity index (χ4n) is 3.12. The van der Waals surface area contributed by atoms with Gasteiger partial charge in [-0.25, -0.2) is 22.0 Å². The smallest absolute Gasteiger partial charge is 0.317 e. The Kier molecular flexibility index (Phi) is 5.60. The average Bonchev–Trinajstić information content (AvgIpc) is 2.93. The number of nitrogens with one attached hydrogen (secondary N) is 1. The quantitative estimate of drug-likeness (QED) is 0.834. The number of urea groups is 1. The van der Waals surface area contributed by atoms with Gasteiger partial charge in [0, 0.05) is 38.1 Å². The molecule has 2 rings (SSSR count). The van der Waals surface area contributed by atoms with Crippen LogP contribution >= 0.6 is 0 Å². The summed E-state index contributed by atoms with van der Waals surface area (Å²) in [6, 6.07) is -0.509. The van der Waals surface area contributed by atoms with Gasteiger partial charge < -0.3 is 10.2 Å². The molecule has 0 unspecified atom stereocenters. The van der Waals surface area contributed by atoms with Gasteiger partial charge in [-0.3, -0.25) is 0 Å². The lowest BCUT2D eigenvalue weighted by Crippen LogP contribution is -2.49. The summed E-state index contributed by atoms with van der Waals surface area (Å²) in [5.74, 6) is -0.625. The minimum atomic E-state index is -3.26. The van der Waals surface area contributed by atoms with Gasteiger partial charge in [-0.1, -0.05) is 0 Å². The summed E-state index contributed by atoms with van der Waals surface area (Å²) in [4.78, 5) is 13.6. The van der Waals surface area contributed by atoms with Crippen LogP contribution in [0.4, 0.5) is 13.6 Å². The van der Waals surface area contributed by atoms with Crippen molar-refractivity contribution in [3.05, 3.63) is 0 Å². The van der Waals surface area contributed by atoms with Crippen LogP contribution in [-0.2, 0) is 10.0 Å². The van der Waals surface area contributed by atoms with E-state index in [1.807, 2.05) is 0 Å². The molecule has 1 atom stereocenters. The molecule has 0 radical (unpaired) electrons. The van der Waals surface area contributed by atoms with Crippen molar-refractivity contribution in [3.8, 4) is 0 Å². The van der Waals surface area contributed by atoms with Crippen LogP contribution in [0.2, 0.25) is 0 Å². The Labute approximate surface area is 129 Å². The largest absolute Gasteiger partial charge is 0.336 e. The zero-order valence-corrected chi connectivity index (χ0v) is 13.5. The van der Waals surface area contributed by atoms with Crippen molar-refractivity contribution in [1.82, 2.24) is 14.5 Å². The monoisotopic (exact) mass is 339 g/mol. The normalized spacial score (nSPS) is 24.9. The first kappa shape index (κ1) is 17.4. The van der Waals surface area contributed by atoms with Crippen LogP contribution in [0.3, 0.4) is 0 Å². The Bertz CT molecular complexity index is 493. The van der Waals surface area contributed by atoms with E-state index in [1.54, 1.807) is 0 Å². The Morgan fingerprint density at radius 1 is 1.23 bits per heavy atom. The summed E-state index contributed by atoms with van der Waals surface area (Å²) < 4.78 is 49.8. The van der Waals surface area contributed by atoms with Crippen LogP contribution in [0, 0.1) is 5.92 Å². The van der Waals surface area contributed by atoms with E-state index in [2.05, 4.69) is 5.32 Å². The second-order valence-corrected chi connectivity index (χ2v) is 7.95. The van der Waals surface area contributed by atoms with Crippen LogP contribution < -0.4 is 5.32 Å². The van der Waals surface area contributed by atoms with Crippen molar-refractivity contribution in [1.29, 1.82) is 0 Å². The van der Waals surface area contributed by atoms with E-state index >= 15 is 0 Å². The lowest BCUT2D eigenvalue weighted by Gasteiger charge is -2.32. The van der Waals surface area contributed by atoms with E-state index in [0.29, 0.717) is 32.5 Å². The zero-order valence-electron chi connectivity index (χ0n) is 12.7. The molecule has 128 valence electrons. The summed E-state index contributed by atoms with van der Waals surface area (Å²) in [5, 5.41) is 2.73. The van der Waals surface area contributed by atoms with E-state index < -0.39 is 22.4 Å². The average molecular weight is 339 g/mol. The molecule has 2 aliphatic heterocycles. The second-order valence-electron chi connectivity index (χ2n) is 6.01. The Balaban J connectivity index is 1.79. The molecule has 2 aliphatic rings. The SMILES string of the molecule is CS(=O)(=O)N1CCC[C@@H]1CNC(=O)N1CCC(C(F)F)CC1. The fraction of sp³-hybridized carbons (Fsp3) is 0.923. The summed E-state index contributed by atoms with van der Waals surface area (Å²) >= 11 is 0. The fourth-order valence-corrected chi connectivity index (χ4v) is 4.30. The Hall–Kier alpha value is -0.960. The number of hydrogen-bond acceptors (Lipinski definition) is 3. The first-order valence-electron chi connectivity index (χ1n) is 7.57. The molecule has 0 spiro atoms. The summed E-state index contributed by atoms with van der Waals surface area (Å²) in [5.41, 5.74) is 0. The summed E-state index contributed by atoms with van der Waals surface area (Å²) in [7, 11) is -3.26. The van der Waals surface area contributed by atoms with Gasteiger partial charge in [-0.15, -0.1) is 0 Å². The van der Waals surface area contributed by atoms with Gasteiger partial charge in [0.1, 0.15) is 0 Å². The summed E-state index contributed by atoms with van der Waals surface area (Å²) in [6.07, 6.45) is 0.969. The topological polar surface area (TPSA) is 69.7 Å². The van der Waals surface area contributed by atoms with Crippen molar-refractivity contribution < 1.29 is 22.0 Å². The Morgan fingerprint density at radius 3 is 2.41 bits per heavy atom. The Morgan fingerprint density at radius 2 is 1.86 bits per heavy atom. The molecular weight excluding hydrogens is 316 g/mol. The zero-order chi connectivity index (χ0) is 16.3. The number of amides is 2. The van der Waals surface area contributed by atoms with Crippen molar-refractivity contribution in [3.63, 3.8) is 0 Å². The number of piperidine rings is 1. The number of carbonyl (C=O) groups excluding carboxylic acids is 1. The third-order valence-corrected chi connectivity index (χ3v) is 5.75. The van der Waals surface area contributed by atoms with E-state index in [9.17, 15) is 22.0 Å². The van der Waals surface area contributed by atoms with Crippen molar-refractivity contribution in [2.24, 2.45) is 5.92 Å². The molecule has 2 saturated heterocycles. The molecule has 22 heavy (non-hydrogen) atoms. The number of alkyl halides is 2. The molecule has 0 aliphatic carbocycles. The number of sulfonamides is 1. The third-order valence-electron chi connectivity index (χ3n) is 4.42. The molecule has 0 aromatic carbocycles. The highest BCUT2D eigenvalue weighted by molar-refractivity contribution is 7.88. The molecule has 0 bridgehead atoms. The maximum atomic E-state index is 12.6. The highest BCUT2D eigenvalue weighted by Crippen LogP contribution is 2.24. The van der Waals surface area contributed by atoms with Crippen molar-refractivity contribution >= 4 is 16.1 Å². The molecule has 1 N–H and O–H groups in total. The summed E-state index contributed by atoms with van der Waals surface area (Å²) in [6.45, 7) is 1.39. The maximum absolute atomic E-state index is 12.6. The lowest BCUT2D eigenvalue weighted by molar-refractivity contribution is 0.0419. The molecule has 2 fully saturated rings. The highest BCUT2D eigenvalue weighted by atomic mass is 32.2. The highest BCUT2D eigenvalue weighted by Gasteiger charge is 2.32. The number of nitrogens with zero attached hydrogens (tertiary/aromatic N) is 2.